The predicted octanol–water partition coefficient (Wildman–Crippen LogP) is 2.35. The Morgan fingerprint density at radius 1 is 1.14 bits per heavy atom. The van der Waals surface area contributed by atoms with Crippen LogP contribution in [0.25, 0.3) is 27.8 Å². The zero-order valence-corrected chi connectivity index (χ0v) is 16.8. The molecule has 4 aromatic rings. The number of ether oxygens (including phenoxy) is 1. The van der Waals surface area contributed by atoms with Crippen LogP contribution in [0.4, 0.5) is 5.82 Å². The van der Waals surface area contributed by atoms with Crippen molar-refractivity contribution in [2.45, 2.75) is 19.4 Å². The first-order valence-electron chi connectivity index (χ1n) is 9.79. The van der Waals surface area contributed by atoms with Crippen molar-refractivity contribution in [2.24, 2.45) is 7.05 Å². The Bertz CT molecular complexity index is 1200. The molecule has 5 rings (SSSR count). The van der Waals surface area contributed by atoms with Gasteiger partial charge in [0, 0.05) is 42.8 Å². The summed E-state index contributed by atoms with van der Waals surface area (Å²) in [5.74, 6) is 1.49. The van der Waals surface area contributed by atoms with E-state index in [4.69, 9.17) is 14.8 Å². The standard InChI is InChI=1S/C21H24N6O2/c1-21(2,28)14-11-18-20(26-7-9-29-10-8-26)23-19(24-27(18)13-14)15-5-4-6-17-16(15)12-22-25(17)3/h4-6,11-13,28H,7-10H2,1-3H3. The van der Waals surface area contributed by atoms with Crippen LogP contribution in [0.2, 0.25) is 0 Å². The Morgan fingerprint density at radius 2 is 1.93 bits per heavy atom. The van der Waals surface area contributed by atoms with Crippen molar-refractivity contribution in [2.75, 3.05) is 31.2 Å². The number of fused-ring (bicyclic) bond motifs is 2. The van der Waals surface area contributed by atoms with Crippen molar-refractivity contribution in [1.82, 2.24) is 24.4 Å². The molecule has 3 aromatic heterocycles. The van der Waals surface area contributed by atoms with E-state index in [1.165, 1.54) is 0 Å². The maximum Gasteiger partial charge on any atom is 0.182 e. The highest BCUT2D eigenvalue weighted by molar-refractivity contribution is 5.93. The van der Waals surface area contributed by atoms with Crippen molar-refractivity contribution in [3.63, 3.8) is 0 Å². The van der Waals surface area contributed by atoms with Crippen molar-refractivity contribution in [3.8, 4) is 11.4 Å². The lowest BCUT2D eigenvalue weighted by molar-refractivity contribution is 0.0786. The molecule has 0 unspecified atom stereocenters. The fraction of sp³-hybridized carbons (Fsp3) is 0.381. The summed E-state index contributed by atoms with van der Waals surface area (Å²) in [5, 5.41) is 20.7. The normalized spacial score (nSPS) is 15.5. The quantitative estimate of drug-likeness (QED) is 0.576. The summed E-state index contributed by atoms with van der Waals surface area (Å²) in [6.45, 7) is 6.44. The number of aliphatic hydroxyl groups is 1. The van der Waals surface area contributed by atoms with Gasteiger partial charge >= 0.3 is 0 Å². The van der Waals surface area contributed by atoms with Gasteiger partial charge in [-0.15, -0.1) is 5.10 Å². The van der Waals surface area contributed by atoms with Crippen LogP contribution in [0.15, 0.2) is 36.7 Å². The first kappa shape index (κ1) is 18.1. The number of anilines is 1. The van der Waals surface area contributed by atoms with Crippen molar-refractivity contribution < 1.29 is 9.84 Å². The molecule has 8 nitrogen and oxygen atoms in total. The minimum atomic E-state index is -0.959. The van der Waals surface area contributed by atoms with Gasteiger partial charge in [-0.3, -0.25) is 4.68 Å². The molecule has 1 saturated heterocycles. The molecule has 1 aromatic carbocycles. The van der Waals surface area contributed by atoms with Crippen LogP contribution in [-0.2, 0) is 17.4 Å². The Hall–Kier alpha value is -2.97. The van der Waals surface area contributed by atoms with Crippen LogP contribution in [0.3, 0.4) is 0 Å². The second-order valence-corrected chi connectivity index (χ2v) is 7.98. The third-order valence-corrected chi connectivity index (χ3v) is 5.49. The first-order chi connectivity index (χ1) is 13.9. The number of morpholine rings is 1. The second kappa shape index (κ2) is 6.53. The number of hydrogen-bond donors (Lipinski definition) is 1. The summed E-state index contributed by atoms with van der Waals surface area (Å²) in [5.41, 5.74) is 2.69. The molecule has 0 spiro atoms. The van der Waals surface area contributed by atoms with Crippen LogP contribution < -0.4 is 4.90 Å². The van der Waals surface area contributed by atoms with E-state index in [2.05, 4.69) is 10.00 Å². The number of benzene rings is 1. The molecule has 4 heterocycles. The number of aryl methyl sites for hydroxylation is 1. The van der Waals surface area contributed by atoms with Crippen molar-refractivity contribution >= 4 is 22.2 Å². The number of hydrogen-bond acceptors (Lipinski definition) is 6. The average molecular weight is 392 g/mol. The first-order valence-corrected chi connectivity index (χ1v) is 9.79. The van der Waals surface area contributed by atoms with E-state index in [1.54, 1.807) is 13.8 Å². The molecule has 0 saturated carbocycles. The molecule has 0 amide bonds. The number of aromatic nitrogens is 5. The molecule has 0 bridgehead atoms. The highest BCUT2D eigenvalue weighted by Gasteiger charge is 2.24. The fourth-order valence-corrected chi connectivity index (χ4v) is 3.81. The van der Waals surface area contributed by atoms with Gasteiger partial charge in [-0.25, -0.2) is 9.50 Å². The van der Waals surface area contributed by atoms with E-state index in [-0.39, 0.29) is 0 Å². The Balaban J connectivity index is 1.75. The molecule has 1 fully saturated rings. The van der Waals surface area contributed by atoms with E-state index >= 15 is 0 Å². The maximum absolute atomic E-state index is 10.5. The molecule has 150 valence electrons. The highest BCUT2D eigenvalue weighted by Crippen LogP contribution is 2.31. The van der Waals surface area contributed by atoms with E-state index in [9.17, 15) is 5.11 Å². The van der Waals surface area contributed by atoms with Crippen LogP contribution in [0, 0.1) is 0 Å². The van der Waals surface area contributed by atoms with Gasteiger partial charge in [-0.1, -0.05) is 12.1 Å². The van der Waals surface area contributed by atoms with Crippen molar-refractivity contribution in [1.29, 1.82) is 0 Å². The van der Waals surface area contributed by atoms with Gasteiger partial charge in [0.2, 0.25) is 0 Å². The molecule has 0 atom stereocenters. The second-order valence-electron chi connectivity index (χ2n) is 7.98. The third kappa shape index (κ3) is 3.04. The molecule has 0 radical (unpaired) electrons. The molecule has 1 aliphatic rings. The van der Waals surface area contributed by atoms with Crippen LogP contribution in [0.5, 0.6) is 0 Å². The maximum atomic E-state index is 10.5. The van der Waals surface area contributed by atoms with E-state index in [0.717, 1.165) is 46.5 Å². The Kier molecular flexibility index (Phi) is 4.07. The molecule has 29 heavy (non-hydrogen) atoms. The molecule has 1 aliphatic heterocycles. The summed E-state index contributed by atoms with van der Waals surface area (Å²) in [6.07, 6.45) is 3.73. The lowest BCUT2D eigenvalue weighted by Gasteiger charge is -2.28. The largest absolute Gasteiger partial charge is 0.386 e. The van der Waals surface area contributed by atoms with E-state index in [1.807, 2.05) is 52.9 Å². The lowest BCUT2D eigenvalue weighted by Crippen LogP contribution is -2.37. The van der Waals surface area contributed by atoms with Gasteiger partial charge in [-0.2, -0.15) is 5.10 Å². The van der Waals surface area contributed by atoms with Gasteiger partial charge < -0.3 is 14.7 Å². The smallest absolute Gasteiger partial charge is 0.182 e. The molecular formula is C21H24N6O2. The number of rotatable bonds is 3. The minimum absolute atomic E-state index is 0.635. The van der Waals surface area contributed by atoms with Gasteiger partial charge in [0.05, 0.1) is 30.5 Å². The third-order valence-electron chi connectivity index (χ3n) is 5.49. The summed E-state index contributed by atoms with van der Waals surface area (Å²) in [7, 11) is 1.93. The topological polar surface area (TPSA) is 80.7 Å². The summed E-state index contributed by atoms with van der Waals surface area (Å²) < 4.78 is 9.20. The zero-order valence-electron chi connectivity index (χ0n) is 16.8. The Morgan fingerprint density at radius 3 is 2.69 bits per heavy atom. The molecule has 0 aliphatic carbocycles. The minimum Gasteiger partial charge on any atom is -0.386 e. The Labute approximate surface area is 168 Å². The van der Waals surface area contributed by atoms with Gasteiger partial charge in [0.15, 0.2) is 11.6 Å². The van der Waals surface area contributed by atoms with E-state index in [0.29, 0.717) is 19.0 Å². The van der Waals surface area contributed by atoms with E-state index < -0.39 is 5.60 Å². The number of nitrogens with zero attached hydrogens (tertiary/aromatic N) is 6. The van der Waals surface area contributed by atoms with Crippen LogP contribution in [-0.4, -0.2) is 55.8 Å². The molecular weight excluding hydrogens is 368 g/mol. The average Bonchev–Trinajstić information content (AvgIpc) is 3.32. The van der Waals surface area contributed by atoms with Crippen LogP contribution in [0.1, 0.15) is 19.4 Å². The zero-order chi connectivity index (χ0) is 20.2. The monoisotopic (exact) mass is 392 g/mol. The van der Waals surface area contributed by atoms with Gasteiger partial charge in [0.1, 0.15) is 5.52 Å². The predicted molar refractivity (Wildman–Crippen MR) is 111 cm³/mol. The van der Waals surface area contributed by atoms with Gasteiger partial charge in [-0.05, 0) is 26.0 Å². The SMILES string of the molecule is Cn1ncc2c(-c3nc(N4CCOCC4)c4cc(C(C)(C)O)cn4n3)cccc21. The summed E-state index contributed by atoms with van der Waals surface area (Å²) >= 11 is 0. The highest BCUT2D eigenvalue weighted by atomic mass is 16.5. The molecule has 1 N–H and O–H groups in total. The lowest BCUT2D eigenvalue weighted by atomic mass is 10.0. The fourth-order valence-electron chi connectivity index (χ4n) is 3.81. The van der Waals surface area contributed by atoms with Crippen molar-refractivity contribution in [3.05, 3.63) is 42.2 Å². The molecule has 8 heteroatoms. The summed E-state index contributed by atoms with van der Waals surface area (Å²) in [6, 6.07) is 8.03. The summed E-state index contributed by atoms with van der Waals surface area (Å²) in [4.78, 5) is 7.19. The van der Waals surface area contributed by atoms with Gasteiger partial charge in [0.25, 0.3) is 0 Å². The van der Waals surface area contributed by atoms with Crippen LogP contribution >= 0.6 is 0 Å².